The number of likely N-dealkylation sites (tertiary alicyclic amines) is 1. The second kappa shape index (κ2) is 9.20. The summed E-state index contributed by atoms with van der Waals surface area (Å²) < 4.78 is 0. The Morgan fingerprint density at radius 2 is 1.91 bits per heavy atom. The number of carbonyl (C=O) groups excluding carboxylic acids is 2. The van der Waals surface area contributed by atoms with Crippen molar-refractivity contribution in [3.8, 4) is 11.3 Å². The van der Waals surface area contributed by atoms with Gasteiger partial charge in [-0.25, -0.2) is 9.78 Å². The van der Waals surface area contributed by atoms with Crippen LogP contribution in [0.4, 0.5) is 10.5 Å². The summed E-state index contributed by atoms with van der Waals surface area (Å²) in [5.74, 6) is -0.285. The molecule has 0 radical (unpaired) electrons. The minimum absolute atomic E-state index is 0.105. The van der Waals surface area contributed by atoms with Crippen LogP contribution in [0.15, 0.2) is 36.7 Å². The molecule has 2 N–H and O–H groups in total. The van der Waals surface area contributed by atoms with Gasteiger partial charge in [-0.2, -0.15) is 0 Å². The Labute approximate surface area is 202 Å². The number of fused-ring (bicyclic) bond motifs is 3. The van der Waals surface area contributed by atoms with Crippen LogP contribution in [0, 0.1) is 0 Å². The number of rotatable bonds is 4. The van der Waals surface area contributed by atoms with Gasteiger partial charge in [0.25, 0.3) is 5.91 Å². The van der Waals surface area contributed by atoms with Gasteiger partial charge < -0.3 is 20.0 Å². The van der Waals surface area contributed by atoms with Crippen LogP contribution >= 0.6 is 0 Å². The van der Waals surface area contributed by atoms with Crippen LogP contribution in [0.2, 0.25) is 0 Å². The van der Waals surface area contributed by atoms with Gasteiger partial charge in [-0.05, 0) is 44.0 Å². The molecule has 2 aliphatic rings. The smallest absolute Gasteiger partial charge is 0.324 e. The van der Waals surface area contributed by atoms with Gasteiger partial charge in [0.15, 0.2) is 0 Å². The fraction of sp³-hybridized carbons (Fsp3) is 0.400. The first-order chi connectivity index (χ1) is 16.9. The van der Waals surface area contributed by atoms with Crippen LogP contribution in [-0.4, -0.2) is 79.2 Å². The topological polar surface area (TPSA) is 123 Å². The lowest BCUT2D eigenvalue weighted by molar-refractivity contribution is -0.140. The third-order valence-electron chi connectivity index (χ3n) is 6.72. The van der Waals surface area contributed by atoms with Crippen LogP contribution in [0.3, 0.4) is 0 Å². The monoisotopic (exact) mass is 476 g/mol. The van der Waals surface area contributed by atoms with Crippen LogP contribution < -0.4 is 4.90 Å². The molecule has 0 aliphatic carbocycles. The maximum Gasteiger partial charge on any atom is 0.324 e. The molecule has 2 aliphatic heterocycles. The number of aromatic nitrogens is 3. The lowest BCUT2D eigenvalue weighted by Crippen LogP contribution is -2.55. The van der Waals surface area contributed by atoms with Crippen molar-refractivity contribution >= 4 is 28.7 Å². The number of aliphatic hydroxyl groups excluding tert-OH is 2. The van der Waals surface area contributed by atoms with Crippen molar-refractivity contribution in [3.63, 3.8) is 0 Å². The molecule has 0 spiro atoms. The lowest BCUT2D eigenvalue weighted by atomic mass is 9.99. The third-order valence-corrected chi connectivity index (χ3v) is 6.72. The Kier molecular flexibility index (Phi) is 6.08. The van der Waals surface area contributed by atoms with E-state index >= 15 is 0 Å². The minimum Gasteiger partial charge on any atom is -0.390 e. The summed E-state index contributed by atoms with van der Waals surface area (Å²) in [7, 11) is 1.77. The summed E-state index contributed by atoms with van der Waals surface area (Å²) >= 11 is 0. The summed E-state index contributed by atoms with van der Waals surface area (Å²) in [5.41, 5.74) is 5.10. The van der Waals surface area contributed by atoms with Crippen LogP contribution in [0.25, 0.3) is 22.3 Å². The van der Waals surface area contributed by atoms with E-state index in [0.717, 1.165) is 16.8 Å². The Morgan fingerprint density at radius 3 is 2.57 bits per heavy atom. The average Bonchev–Trinajstić information content (AvgIpc) is 2.89. The van der Waals surface area contributed by atoms with Gasteiger partial charge in [0.1, 0.15) is 11.6 Å². The second-order valence-corrected chi connectivity index (χ2v) is 9.13. The molecule has 0 saturated carbocycles. The second-order valence-electron chi connectivity index (χ2n) is 9.13. The summed E-state index contributed by atoms with van der Waals surface area (Å²) in [5, 5.41) is 19.0. The number of amides is 3. The zero-order valence-electron chi connectivity index (χ0n) is 19.8. The third kappa shape index (κ3) is 4.19. The Hall–Kier alpha value is -3.63. The van der Waals surface area contributed by atoms with Gasteiger partial charge in [0.2, 0.25) is 0 Å². The first-order valence-electron chi connectivity index (χ1n) is 11.7. The van der Waals surface area contributed by atoms with E-state index in [4.69, 9.17) is 4.98 Å². The molecule has 35 heavy (non-hydrogen) atoms. The van der Waals surface area contributed by atoms with E-state index in [0.29, 0.717) is 54.9 Å². The summed E-state index contributed by atoms with van der Waals surface area (Å²) in [6.45, 7) is 2.73. The number of nitrogens with zero attached hydrogens (tertiary/aromatic N) is 6. The molecule has 0 unspecified atom stereocenters. The first-order valence-corrected chi connectivity index (χ1v) is 11.7. The van der Waals surface area contributed by atoms with E-state index in [1.54, 1.807) is 35.3 Å². The Balaban J connectivity index is 1.54. The Bertz CT molecular complexity index is 1270. The fourth-order valence-corrected chi connectivity index (χ4v) is 4.86. The molecular weight excluding hydrogens is 448 g/mol. The van der Waals surface area contributed by atoms with Crippen LogP contribution in [0.5, 0.6) is 0 Å². The first kappa shape index (κ1) is 23.1. The van der Waals surface area contributed by atoms with E-state index in [9.17, 15) is 19.8 Å². The van der Waals surface area contributed by atoms with Gasteiger partial charge in [-0.15, -0.1) is 0 Å². The van der Waals surface area contributed by atoms with E-state index in [1.165, 1.54) is 6.92 Å². The summed E-state index contributed by atoms with van der Waals surface area (Å²) in [6, 6.07) is 7.17. The molecule has 5 rings (SSSR count). The maximum absolute atomic E-state index is 13.4. The highest BCUT2D eigenvalue weighted by atomic mass is 16.3. The zero-order chi connectivity index (χ0) is 24.7. The highest BCUT2D eigenvalue weighted by Gasteiger charge is 2.38. The largest absolute Gasteiger partial charge is 0.390 e. The molecule has 3 aromatic heterocycles. The predicted molar refractivity (Wildman–Crippen MR) is 129 cm³/mol. The van der Waals surface area contributed by atoms with Crippen molar-refractivity contribution in [3.05, 3.63) is 47.9 Å². The number of hydrogen-bond donors (Lipinski definition) is 2. The molecule has 5 heterocycles. The van der Waals surface area contributed by atoms with Gasteiger partial charge in [-0.3, -0.25) is 19.7 Å². The van der Waals surface area contributed by atoms with Crippen molar-refractivity contribution in [2.45, 2.75) is 45.1 Å². The maximum atomic E-state index is 13.4. The Morgan fingerprint density at radius 1 is 1.14 bits per heavy atom. The quantitative estimate of drug-likeness (QED) is 0.590. The molecule has 3 amide bonds. The minimum atomic E-state index is -1.03. The number of carbonyl (C=O) groups is 2. The number of aliphatic hydroxyl groups is 2. The molecular formula is C25H28N6O4. The molecule has 0 aromatic carbocycles. The summed E-state index contributed by atoms with van der Waals surface area (Å²) in [6.07, 6.45) is 3.65. The van der Waals surface area contributed by atoms with Gasteiger partial charge in [-0.1, -0.05) is 0 Å². The van der Waals surface area contributed by atoms with E-state index < -0.39 is 6.10 Å². The van der Waals surface area contributed by atoms with Gasteiger partial charge in [0.05, 0.1) is 35.7 Å². The fourth-order valence-electron chi connectivity index (χ4n) is 4.86. The molecule has 10 nitrogen and oxygen atoms in total. The SMILES string of the molecule is C[C@@H](O)C(=O)N1CCC(N2C(=O)N(C)Cc3cnc4ccc(-c5ccc(CO)nc5)nc4c32)CC1. The summed E-state index contributed by atoms with van der Waals surface area (Å²) in [4.78, 5) is 44.6. The van der Waals surface area contributed by atoms with Crippen molar-refractivity contribution in [1.29, 1.82) is 0 Å². The predicted octanol–water partition coefficient (Wildman–Crippen LogP) is 1.93. The van der Waals surface area contributed by atoms with Crippen molar-refractivity contribution < 1.29 is 19.8 Å². The highest BCUT2D eigenvalue weighted by Crippen LogP contribution is 2.37. The standard InChI is InChI=1S/C25H28N6O4/c1-15(33)24(34)30-9-7-19(8-10-30)31-23-17(13-29(2)25(31)35)12-27-21-6-5-20(28-22(21)23)16-3-4-18(14-32)26-11-16/h3-6,11-12,15,19,32-33H,7-10,13-14H2,1-2H3/t15-/m1/s1. The molecule has 1 fully saturated rings. The van der Waals surface area contributed by atoms with Crippen LogP contribution in [-0.2, 0) is 17.9 Å². The molecule has 182 valence electrons. The van der Waals surface area contributed by atoms with Crippen molar-refractivity contribution in [1.82, 2.24) is 24.8 Å². The van der Waals surface area contributed by atoms with Crippen LogP contribution in [0.1, 0.15) is 31.0 Å². The van der Waals surface area contributed by atoms with E-state index in [1.807, 2.05) is 23.1 Å². The van der Waals surface area contributed by atoms with Gasteiger partial charge >= 0.3 is 6.03 Å². The van der Waals surface area contributed by atoms with Gasteiger partial charge in [0, 0.05) is 49.7 Å². The zero-order valence-corrected chi connectivity index (χ0v) is 19.8. The number of pyridine rings is 3. The average molecular weight is 477 g/mol. The molecule has 1 atom stereocenters. The molecule has 3 aromatic rings. The number of hydrogen-bond acceptors (Lipinski definition) is 7. The van der Waals surface area contributed by atoms with Crippen molar-refractivity contribution in [2.24, 2.45) is 0 Å². The van der Waals surface area contributed by atoms with Crippen molar-refractivity contribution in [2.75, 3.05) is 25.0 Å². The molecule has 1 saturated heterocycles. The van der Waals surface area contributed by atoms with E-state index in [2.05, 4.69) is 9.97 Å². The number of anilines is 1. The van der Waals surface area contributed by atoms with E-state index in [-0.39, 0.29) is 24.6 Å². The number of urea groups is 1. The lowest BCUT2D eigenvalue weighted by Gasteiger charge is -2.43. The molecule has 10 heteroatoms. The normalized spacial score (nSPS) is 17.6. The number of piperidine rings is 1. The highest BCUT2D eigenvalue weighted by molar-refractivity contribution is 6.04. The molecule has 0 bridgehead atoms.